The van der Waals surface area contributed by atoms with E-state index in [1.807, 2.05) is 0 Å². The molecule has 2 heteroatoms. The van der Waals surface area contributed by atoms with Crippen LogP contribution in [-0.4, -0.2) is 10.6 Å². The molecule has 0 amide bonds. The third kappa shape index (κ3) is 1.46. The molecule has 5 rings (SSSR count). The molecule has 2 aromatic rings. The molecule has 0 spiro atoms. The molecule has 2 nitrogen and oxygen atoms in total. The first kappa shape index (κ1) is 13.9. The van der Waals surface area contributed by atoms with Gasteiger partial charge in [-0.15, -0.1) is 0 Å². The molecule has 1 fully saturated rings. The predicted octanol–water partition coefficient (Wildman–Crippen LogP) is 4.51. The van der Waals surface area contributed by atoms with Crippen LogP contribution in [0.15, 0.2) is 36.5 Å². The van der Waals surface area contributed by atoms with E-state index in [1.165, 1.54) is 29.7 Å². The Morgan fingerprint density at radius 1 is 1.09 bits per heavy atom. The lowest BCUT2D eigenvalue weighted by Crippen LogP contribution is -2.66. The number of benzene rings is 1. The van der Waals surface area contributed by atoms with Crippen molar-refractivity contribution < 1.29 is 0 Å². The van der Waals surface area contributed by atoms with Crippen molar-refractivity contribution >= 4 is 5.69 Å². The number of para-hydroxylation sites is 1. The van der Waals surface area contributed by atoms with Gasteiger partial charge in [0.25, 0.3) is 0 Å². The van der Waals surface area contributed by atoms with Gasteiger partial charge in [0.15, 0.2) is 0 Å². The van der Waals surface area contributed by atoms with Gasteiger partial charge in [0.2, 0.25) is 0 Å². The normalized spacial score (nSPS) is 33.1. The van der Waals surface area contributed by atoms with Gasteiger partial charge in [0, 0.05) is 36.1 Å². The van der Waals surface area contributed by atoms with Gasteiger partial charge in [-0.1, -0.05) is 25.1 Å². The van der Waals surface area contributed by atoms with E-state index >= 15 is 0 Å². The second kappa shape index (κ2) is 4.18. The van der Waals surface area contributed by atoms with Crippen molar-refractivity contribution in [3.63, 3.8) is 0 Å². The molecule has 116 valence electrons. The summed E-state index contributed by atoms with van der Waals surface area (Å²) in [5.41, 5.74) is 6.21. The summed E-state index contributed by atoms with van der Waals surface area (Å²) in [6, 6.07) is 11.7. The van der Waals surface area contributed by atoms with Gasteiger partial charge in [-0.25, -0.2) is 0 Å². The van der Waals surface area contributed by atoms with Crippen LogP contribution in [0.5, 0.6) is 0 Å². The van der Waals surface area contributed by atoms with Gasteiger partial charge in [-0.3, -0.25) is 0 Å². The van der Waals surface area contributed by atoms with E-state index in [4.69, 9.17) is 0 Å². The summed E-state index contributed by atoms with van der Waals surface area (Å²) in [7, 11) is 2.21. The summed E-state index contributed by atoms with van der Waals surface area (Å²) in [4.78, 5) is 2.70. The number of anilines is 1. The van der Waals surface area contributed by atoms with E-state index in [2.05, 4.69) is 80.7 Å². The van der Waals surface area contributed by atoms with Gasteiger partial charge < -0.3 is 9.47 Å². The molecule has 3 atom stereocenters. The van der Waals surface area contributed by atoms with Crippen molar-refractivity contribution in [1.29, 1.82) is 0 Å². The highest BCUT2D eigenvalue weighted by Gasteiger charge is 2.57. The molecule has 0 saturated carbocycles. The van der Waals surface area contributed by atoms with Gasteiger partial charge in [0.05, 0.1) is 5.54 Å². The number of aromatic nitrogens is 1. The Hall–Kier alpha value is -1.70. The smallest absolute Gasteiger partial charge is 0.0647 e. The van der Waals surface area contributed by atoms with Gasteiger partial charge >= 0.3 is 0 Å². The minimum absolute atomic E-state index is 0.111. The van der Waals surface area contributed by atoms with Gasteiger partial charge in [-0.2, -0.15) is 0 Å². The lowest BCUT2D eigenvalue weighted by molar-refractivity contribution is 0.158. The summed E-state index contributed by atoms with van der Waals surface area (Å²) in [6.07, 6.45) is 4.76. The van der Waals surface area contributed by atoms with Crippen molar-refractivity contribution in [3.05, 3.63) is 53.3 Å². The first-order valence-electron chi connectivity index (χ1n) is 8.41. The van der Waals surface area contributed by atoms with E-state index in [0.717, 1.165) is 0 Å². The lowest BCUT2D eigenvalue weighted by atomic mass is 9.58. The second-order valence-electron chi connectivity index (χ2n) is 7.71. The number of aryl methyl sites for hydroxylation is 2. The number of piperidine rings is 1. The summed E-state index contributed by atoms with van der Waals surface area (Å²) in [5.74, 6) is 0. The Morgan fingerprint density at radius 3 is 2.55 bits per heavy atom. The molecule has 22 heavy (non-hydrogen) atoms. The molecule has 2 aliphatic heterocycles. The molecular weight excluding hydrogens is 268 g/mol. The van der Waals surface area contributed by atoms with Crippen molar-refractivity contribution in [2.75, 3.05) is 4.90 Å². The fourth-order valence-corrected chi connectivity index (χ4v) is 5.11. The average molecular weight is 294 g/mol. The van der Waals surface area contributed by atoms with Crippen LogP contribution in [0.1, 0.15) is 50.4 Å². The summed E-state index contributed by atoms with van der Waals surface area (Å²) in [6.45, 7) is 9.55. The summed E-state index contributed by atoms with van der Waals surface area (Å²) >= 11 is 0. The van der Waals surface area contributed by atoms with Crippen molar-refractivity contribution in [1.82, 2.24) is 4.57 Å². The lowest BCUT2D eigenvalue weighted by Gasteiger charge is -2.62. The highest BCUT2D eigenvalue weighted by Crippen LogP contribution is 2.58. The number of fused-ring (bicyclic) bond motifs is 2. The Bertz CT molecular complexity index is 744. The maximum Gasteiger partial charge on any atom is 0.0647 e. The van der Waals surface area contributed by atoms with Crippen LogP contribution in [0.3, 0.4) is 0 Å². The molecular formula is C20H26N2. The quantitative estimate of drug-likeness (QED) is 0.751. The molecule has 0 N–H and O–H groups in total. The van der Waals surface area contributed by atoms with Crippen LogP contribution in [0.25, 0.3) is 0 Å². The van der Waals surface area contributed by atoms with E-state index in [1.54, 1.807) is 5.69 Å². The minimum atomic E-state index is 0.111. The minimum Gasteiger partial charge on any atom is -0.358 e. The van der Waals surface area contributed by atoms with E-state index in [0.29, 0.717) is 6.04 Å². The Kier molecular flexibility index (Phi) is 2.65. The molecule has 1 aliphatic carbocycles. The zero-order valence-electron chi connectivity index (χ0n) is 14.4. The molecule has 1 aromatic heterocycles. The monoisotopic (exact) mass is 294 g/mol. The van der Waals surface area contributed by atoms with E-state index in [9.17, 15) is 0 Å². The van der Waals surface area contributed by atoms with Gasteiger partial charge in [-0.05, 0) is 56.9 Å². The Labute approximate surface area is 133 Å². The molecule has 1 saturated heterocycles. The largest absolute Gasteiger partial charge is 0.358 e. The van der Waals surface area contributed by atoms with Crippen LogP contribution in [0, 0.1) is 6.92 Å². The maximum atomic E-state index is 2.70. The molecule has 3 unspecified atom stereocenters. The zero-order chi connectivity index (χ0) is 15.7. The third-order valence-corrected chi connectivity index (χ3v) is 6.54. The fraction of sp³-hybridized carbons (Fsp3) is 0.500. The number of rotatable bonds is 1. The molecule has 3 heterocycles. The predicted molar refractivity (Wildman–Crippen MR) is 92.5 cm³/mol. The number of nitrogens with zero attached hydrogens (tertiary/aromatic N) is 2. The van der Waals surface area contributed by atoms with Crippen molar-refractivity contribution in [2.45, 2.75) is 57.5 Å². The topological polar surface area (TPSA) is 8.17 Å². The molecule has 1 aromatic carbocycles. The Morgan fingerprint density at radius 2 is 1.82 bits per heavy atom. The van der Waals surface area contributed by atoms with Crippen molar-refractivity contribution in [2.24, 2.45) is 7.05 Å². The first-order valence-corrected chi connectivity index (χ1v) is 8.41. The molecule has 3 aliphatic rings. The average Bonchev–Trinajstić information content (AvgIpc) is 2.89. The highest BCUT2D eigenvalue weighted by molar-refractivity contribution is 5.63. The highest BCUT2D eigenvalue weighted by atomic mass is 15.3. The maximum absolute atomic E-state index is 2.70. The fourth-order valence-electron chi connectivity index (χ4n) is 5.11. The van der Waals surface area contributed by atoms with E-state index < -0.39 is 0 Å². The third-order valence-electron chi connectivity index (χ3n) is 6.54. The van der Waals surface area contributed by atoms with Crippen LogP contribution >= 0.6 is 0 Å². The van der Waals surface area contributed by atoms with Crippen molar-refractivity contribution in [3.8, 4) is 0 Å². The standard InChI is InChI=1S/C20H26N2/c1-14-8-6-7-9-17(14)22-15(2)19(3)11-12-20(22,4)16-10-13-21(5)18(16)19/h6-10,13,15H,11-12H2,1-5H3. The summed E-state index contributed by atoms with van der Waals surface area (Å²) in [5, 5.41) is 0. The zero-order valence-corrected chi connectivity index (χ0v) is 14.4. The number of hydrogen-bond acceptors (Lipinski definition) is 1. The SMILES string of the molecule is Cc1ccccc1N1C(C)C2(C)CCC1(C)c1ccn(C)c12. The van der Waals surface area contributed by atoms with Crippen LogP contribution < -0.4 is 4.90 Å². The Balaban J connectivity index is 1.99. The second-order valence-corrected chi connectivity index (χ2v) is 7.71. The molecule has 2 bridgehead atoms. The molecule has 0 radical (unpaired) electrons. The van der Waals surface area contributed by atoms with Crippen LogP contribution in [-0.2, 0) is 18.0 Å². The van der Waals surface area contributed by atoms with Gasteiger partial charge in [0.1, 0.15) is 0 Å². The number of hydrogen-bond donors (Lipinski definition) is 0. The summed E-state index contributed by atoms with van der Waals surface area (Å²) < 4.78 is 2.36. The van der Waals surface area contributed by atoms with Crippen LogP contribution in [0.4, 0.5) is 5.69 Å². The van der Waals surface area contributed by atoms with Crippen LogP contribution in [0.2, 0.25) is 0 Å². The first-order chi connectivity index (χ1) is 10.4. The van der Waals surface area contributed by atoms with E-state index in [-0.39, 0.29) is 11.0 Å².